The summed E-state index contributed by atoms with van der Waals surface area (Å²) >= 11 is 12.0. The lowest BCUT2D eigenvalue weighted by Gasteiger charge is -2.10. The Morgan fingerprint density at radius 2 is 2.05 bits per heavy atom. The van der Waals surface area contributed by atoms with Crippen molar-refractivity contribution in [1.82, 2.24) is 20.0 Å². The van der Waals surface area contributed by atoms with Crippen LogP contribution < -0.4 is 10.6 Å². The molecule has 0 aromatic carbocycles. The van der Waals surface area contributed by atoms with Gasteiger partial charge in [-0.2, -0.15) is 0 Å². The average molecular weight is 388 g/mol. The second-order valence-corrected chi connectivity index (χ2v) is 5.48. The van der Waals surface area contributed by atoms with Crippen molar-refractivity contribution in [2.75, 3.05) is 13.6 Å². The van der Waals surface area contributed by atoms with Crippen LogP contribution in [0.2, 0.25) is 10.0 Å². The van der Waals surface area contributed by atoms with E-state index in [1.54, 1.807) is 22.9 Å². The summed E-state index contributed by atoms with van der Waals surface area (Å²) in [4.78, 5) is 16.2. The minimum atomic E-state index is -0.0716. The molecule has 0 aliphatic rings. The molecule has 2 N–H and O–H groups in total. The average Bonchev–Trinajstić information content (AvgIpc) is 2.78. The maximum Gasteiger partial charge on any atom is 0.226 e. The van der Waals surface area contributed by atoms with Crippen LogP contribution in [0.25, 0.3) is 5.65 Å². The number of aromatic nitrogens is 2. The Balaban J connectivity index is 0.00000220. The highest BCUT2D eigenvalue weighted by molar-refractivity contribution is 6.36. The lowest BCUT2D eigenvalue weighted by Crippen LogP contribution is -2.37. The van der Waals surface area contributed by atoms with E-state index < -0.39 is 0 Å². The molecule has 0 saturated carbocycles. The number of imidazole rings is 1. The van der Waals surface area contributed by atoms with Crippen LogP contribution >= 0.6 is 48.0 Å². The van der Waals surface area contributed by atoms with E-state index in [9.17, 15) is 4.79 Å². The number of nitrogens with one attached hydrogen (secondary N) is 2. The van der Waals surface area contributed by atoms with Gasteiger partial charge in [0.15, 0.2) is 5.65 Å². The van der Waals surface area contributed by atoms with Crippen LogP contribution in [0.1, 0.15) is 12.6 Å². The van der Waals surface area contributed by atoms with Crippen LogP contribution in [-0.4, -0.2) is 34.9 Å². The van der Waals surface area contributed by atoms with Crippen molar-refractivity contribution in [2.45, 2.75) is 19.4 Å². The summed E-state index contributed by atoms with van der Waals surface area (Å²) in [6.07, 6.45) is 3.68. The molecule has 1 amide bonds. The van der Waals surface area contributed by atoms with Gasteiger partial charge in [-0.05, 0) is 20.0 Å². The predicted octanol–water partition coefficient (Wildman–Crippen LogP) is 2.75. The molecule has 0 spiro atoms. The SMILES string of the molecule is CNC(C)CNC(=O)Cc1cn2cc(Cl)cc(Cl)c2n1.Cl.Cl. The molecule has 5 nitrogen and oxygen atoms in total. The first-order valence-corrected chi connectivity index (χ1v) is 7.01. The van der Waals surface area contributed by atoms with Gasteiger partial charge in [0.1, 0.15) is 0 Å². The van der Waals surface area contributed by atoms with E-state index >= 15 is 0 Å². The summed E-state index contributed by atoms with van der Waals surface area (Å²) < 4.78 is 1.73. The lowest BCUT2D eigenvalue weighted by atomic mass is 10.3. The molecule has 124 valence electrons. The largest absolute Gasteiger partial charge is 0.354 e. The topological polar surface area (TPSA) is 58.4 Å². The second-order valence-electron chi connectivity index (χ2n) is 4.64. The van der Waals surface area contributed by atoms with Crippen LogP contribution in [0.15, 0.2) is 18.5 Å². The number of likely N-dealkylation sites (N-methyl/N-ethyl adjacent to an activating group) is 1. The van der Waals surface area contributed by atoms with Crippen molar-refractivity contribution in [3.05, 3.63) is 34.2 Å². The van der Waals surface area contributed by atoms with Gasteiger partial charge in [0.05, 0.1) is 22.2 Å². The van der Waals surface area contributed by atoms with E-state index in [4.69, 9.17) is 23.2 Å². The van der Waals surface area contributed by atoms with Crippen molar-refractivity contribution in [2.24, 2.45) is 0 Å². The Morgan fingerprint density at radius 3 is 2.68 bits per heavy atom. The van der Waals surface area contributed by atoms with E-state index in [1.807, 2.05) is 14.0 Å². The number of halogens is 4. The molecule has 0 fully saturated rings. The first kappa shape index (κ1) is 21.3. The maximum atomic E-state index is 11.8. The molecule has 0 aliphatic heterocycles. The summed E-state index contributed by atoms with van der Waals surface area (Å²) in [5.41, 5.74) is 1.26. The molecule has 2 heterocycles. The zero-order valence-electron chi connectivity index (χ0n) is 12.1. The summed E-state index contributed by atoms with van der Waals surface area (Å²) in [5, 5.41) is 6.89. The molecule has 1 unspecified atom stereocenters. The Hall–Kier alpha value is -0.720. The Morgan fingerprint density at radius 1 is 1.36 bits per heavy atom. The Bertz CT molecular complexity index is 632. The first-order chi connectivity index (χ1) is 9.49. The molecule has 0 radical (unpaired) electrons. The zero-order valence-corrected chi connectivity index (χ0v) is 15.2. The van der Waals surface area contributed by atoms with E-state index in [-0.39, 0.29) is 43.2 Å². The minimum Gasteiger partial charge on any atom is -0.354 e. The molecule has 9 heteroatoms. The maximum absolute atomic E-state index is 11.8. The normalized spacial score (nSPS) is 11.5. The number of hydrogen-bond acceptors (Lipinski definition) is 3. The summed E-state index contributed by atoms with van der Waals surface area (Å²) in [6, 6.07) is 1.86. The quantitative estimate of drug-likeness (QED) is 0.829. The molecular weight excluding hydrogens is 370 g/mol. The Kier molecular flexibility index (Phi) is 9.12. The van der Waals surface area contributed by atoms with Gasteiger partial charge in [-0.25, -0.2) is 4.98 Å². The highest BCUT2D eigenvalue weighted by Crippen LogP contribution is 2.21. The van der Waals surface area contributed by atoms with Crippen molar-refractivity contribution >= 4 is 59.6 Å². The molecule has 1 atom stereocenters. The molecule has 2 aromatic heterocycles. The number of fused-ring (bicyclic) bond motifs is 1. The van der Waals surface area contributed by atoms with Crippen LogP contribution in [0.4, 0.5) is 0 Å². The molecule has 2 rings (SSSR count). The molecule has 2 aromatic rings. The number of carbonyl (C=O) groups excluding carboxylic acids is 1. The van der Waals surface area contributed by atoms with Gasteiger partial charge in [0.25, 0.3) is 0 Å². The third kappa shape index (κ3) is 5.48. The fraction of sp³-hybridized carbons (Fsp3) is 0.385. The van der Waals surface area contributed by atoms with Crippen LogP contribution in [0.3, 0.4) is 0 Å². The van der Waals surface area contributed by atoms with Crippen molar-refractivity contribution in [3.8, 4) is 0 Å². The molecular formula is C13H18Cl4N4O. The molecule has 0 bridgehead atoms. The summed E-state index contributed by atoms with van der Waals surface area (Å²) in [5.74, 6) is -0.0716. The third-order valence-electron chi connectivity index (χ3n) is 2.96. The fourth-order valence-electron chi connectivity index (χ4n) is 1.76. The van der Waals surface area contributed by atoms with Crippen molar-refractivity contribution < 1.29 is 4.79 Å². The van der Waals surface area contributed by atoms with Crippen molar-refractivity contribution in [1.29, 1.82) is 0 Å². The van der Waals surface area contributed by atoms with Gasteiger partial charge < -0.3 is 15.0 Å². The molecule has 22 heavy (non-hydrogen) atoms. The highest BCUT2D eigenvalue weighted by Gasteiger charge is 2.10. The van der Waals surface area contributed by atoms with Gasteiger partial charge in [0.2, 0.25) is 5.91 Å². The van der Waals surface area contributed by atoms with E-state index in [0.29, 0.717) is 27.9 Å². The number of nitrogens with zero attached hydrogens (tertiary/aromatic N) is 2. The van der Waals surface area contributed by atoms with Crippen LogP contribution in [-0.2, 0) is 11.2 Å². The summed E-state index contributed by atoms with van der Waals surface area (Å²) in [6.45, 7) is 2.57. The van der Waals surface area contributed by atoms with Crippen molar-refractivity contribution in [3.63, 3.8) is 0 Å². The number of carbonyl (C=O) groups is 1. The minimum absolute atomic E-state index is 0. The van der Waals surface area contributed by atoms with Gasteiger partial charge >= 0.3 is 0 Å². The van der Waals surface area contributed by atoms with Crippen LogP contribution in [0.5, 0.6) is 0 Å². The number of hydrogen-bond donors (Lipinski definition) is 2. The Labute approximate surface area is 151 Å². The first-order valence-electron chi connectivity index (χ1n) is 6.26. The number of pyridine rings is 1. The van der Waals surface area contributed by atoms with Gasteiger partial charge in [-0.3, -0.25) is 4.79 Å². The predicted molar refractivity (Wildman–Crippen MR) is 94.9 cm³/mol. The lowest BCUT2D eigenvalue weighted by molar-refractivity contribution is -0.120. The van der Waals surface area contributed by atoms with Gasteiger partial charge in [-0.15, -0.1) is 24.8 Å². The zero-order chi connectivity index (χ0) is 14.7. The number of amides is 1. The molecule has 0 aliphatic carbocycles. The van der Waals surface area contributed by atoms with Gasteiger partial charge in [-0.1, -0.05) is 23.2 Å². The highest BCUT2D eigenvalue weighted by atomic mass is 35.5. The fourth-order valence-corrected chi connectivity index (χ4v) is 2.28. The standard InChI is InChI=1S/C13H16Cl2N4O.2ClH/c1-8(16-2)5-17-12(20)4-10-7-19-6-9(14)3-11(15)13(19)18-10;;/h3,6-8,16H,4-5H2,1-2H3,(H,17,20);2*1H. The second kappa shape index (κ2) is 9.43. The third-order valence-corrected chi connectivity index (χ3v) is 3.45. The van der Waals surface area contributed by atoms with E-state index in [2.05, 4.69) is 15.6 Å². The smallest absolute Gasteiger partial charge is 0.226 e. The molecule has 0 saturated heterocycles. The van der Waals surface area contributed by atoms with Gasteiger partial charge in [0, 0.05) is 25.0 Å². The number of rotatable bonds is 5. The monoisotopic (exact) mass is 386 g/mol. The summed E-state index contributed by atoms with van der Waals surface area (Å²) in [7, 11) is 1.85. The van der Waals surface area contributed by atoms with E-state index in [1.165, 1.54) is 0 Å². The van der Waals surface area contributed by atoms with E-state index in [0.717, 1.165) is 0 Å². The van der Waals surface area contributed by atoms with Crippen LogP contribution in [0, 0.1) is 0 Å².